The molecular formula is C10H17NO. The standard InChI is InChI=1S/C7H8O.C3H9N/c8-6-7-4-2-1-3-5-7;1-4(2)3/h1-5,8H,6H2;1-3H3. The van der Waals surface area contributed by atoms with Gasteiger partial charge in [0.2, 0.25) is 0 Å². The van der Waals surface area contributed by atoms with E-state index in [0.29, 0.717) is 0 Å². The number of hydrogen-bond acceptors (Lipinski definition) is 2. The van der Waals surface area contributed by atoms with Gasteiger partial charge in [-0.3, -0.25) is 0 Å². The molecule has 0 aliphatic rings. The van der Waals surface area contributed by atoms with Crippen molar-refractivity contribution in [1.82, 2.24) is 4.90 Å². The quantitative estimate of drug-likeness (QED) is 0.682. The van der Waals surface area contributed by atoms with E-state index in [1.54, 1.807) is 0 Å². The molecule has 0 saturated heterocycles. The first-order valence-electron chi connectivity index (χ1n) is 3.92. The van der Waals surface area contributed by atoms with Gasteiger partial charge in [0, 0.05) is 0 Å². The average molecular weight is 167 g/mol. The second-order valence-electron chi connectivity index (χ2n) is 2.99. The molecule has 0 aliphatic heterocycles. The van der Waals surface area contributed by atoms with Crippen molar-refractivity contribution in [1.29, 1.82) is 0 Å². The first kappa shape index (κ1) is 11.1. The Bertz CT molecular complexity index is 182. The molecule has 1 N–H and O–H groups in total. The summed E-state index contributed by atoms with van der Waals surface area (Å²) in [6, 6.07) is 9.52. The lowest BCUT2D eigenvalue weighted by atomic mass is 10.2. The lowest BCUT2D eigenvalue weighted by molar-refractivity contribution is 0.282. The summed E-state index contributed by atoms with van der Waals surface area (Å²) >= 11 is 0. The molecule has 12 heavy (non-hydrogen) atoms. The predicted octanol–water partition coefficient (Wildman–Crippen LogP) is 1.36. The van der Waals surface area contributed by atoms with Crippen molar-refractivity contribution in [2.45, 2.75) is 6.61 Å². The van der Waals surface area contributed by atoms with Crippen LogP contribution in [0.5, 0.6) is 0 Å². The molecule has 0 amide bonds. The number of rotatable bonds is 1. The van der Waals surface area contributed by atoms with Crippen molar-refractivity contribution in [2.75, 3.05) is 21.1 Å². The molecule has 0 heterocycles. The fourth-order valence-corrected chi connectivity index (χ4v) is 0.583. The maximum atomic E-state index is 8.54. The Morgan fingerprint density at radius 1 is 1.08 bits per heavy atom. The Labute approximate surface area is 74.5 Å². The van der Waals surface area contributed by atoms with Gasteiger partial charge in [-0.05, 0) is 26.7 Å². The van der Waals surface area contributed by atoms with Crippen molar-refractivity contribution in [3.8, 4) is 0 Å². The summed E-state index contributed by atoms with van der Waals surface area (Å²) in [5.74, 6) is 0. The van der Waals surface area contributed by atoms with E-state index in [4.69, 9.17) is 5.11 Å². The number of aliphatic hydroxyl groups is 1. The summed E-state index contributed by atoms with van der Waals surface area (Å²) in [4.78, 5) is 2.00. The van der Waals surface area contributed by atoms with Gasteiger partial charge in [-0.2, -0.15) is 0 Å². The van der Waals surface area contributed by atoms with Crippen LogP contribution in [0, 0.1) is 0 Å². The van der Waals surface area contributed by atoms with E-state index in [1.807, 2.05) is 56.4 Å². The summed E-state index contributed by atoms with van der Waals surface area (Å²) in [6.07, 6.45) is 0. The molecule has 0 atom stereocenters. The highest BCUT2D eigenvalue weighted by molar-refractivity contribution is 5.12. The van der Waals surface area contributed by atoms with Crippen molar-refractivity contribution < 1.29 is 5.11 Å². The lowest BCUT2D eigenvalue weighted by Crippen LogP contribution is -1.99. The van der Waals surface area contributed by atoms with Gasteiger partial charge in [0.05, 0.1) is 6.61 Å². The molecule has 2 heteroatoms. The zero-order chi connectivity index (χ0) is 9.40. The third-order valence-electron chi connectivity index (χ3n) is 1.03. The van der Waals surface area contributed by atoms with Crippen molar-refractivity contribution in [2.24, 2.45) is 0 Å². The van der Waals surface area contributed by atoms with E-state index in [-0.39, 0.29) is 6.61 Å². The average Bonchev–Trinajstić information content (AvgIpc) is 2.05. The minimum absolute atomic E-state index is 0.140. The summed E-state index contributed by atoms with van der Waals surface area (Å²) in [5.41, 5.74) is 0.965. The SMILES string of the molecule is CN(C)C.OCc1ccccc1. The van der Waals surface area contributed by atoms with Crippen molar-refractivity contribution >= 4 is 0 Å². The molecule has 2 nitrogen and oxygen atoms in total. The normalized spacial score (nSPS) is 9.08. The molecule has 68 valence electrons. The highest BCUT2D eigenvalue weighted by Crippen LogP contribution is 1.95. The van der Waals surface area contributed by atoms with Gasteiger partial charge in [-0.1, -0.05) is 30.3 Å². The number of aliphatic hydroxyl groups excluding tert-OH is 1. The van der Waals surface area contributed by atoms with E-state index in [0.717, 1.165) is 5.56 Å². The van der Waals surface area contributed by atoms with E-state index in [9.17, 15) is 0 Å². The van der Waals surface area contributed by atoms with E-state index in [1.165, 1.54) is 0 Å². The van der Waals surface area contributed by atoms with Crippen LogP contribution in [0.25, 0.3) is 0 Å². The molecule has 0 spiro atoms. The van der Waals surface area contributed by atoms with Crippen molar-refractivity contribution in [3.05, 3.63) is 35.9 Å². The first-order chi connectivity index (χ1) is 5.66. The lowest BCUT2D eigenvalue weighted by Gasteiger charge is -1.90. The Morgan fingerprint density at radius 2 is 1.50 bits per heavy atom. The Kier molecular flexibility index (Phi) is 6.34. The number of nitrogens with zero attached hydrogens (tertiary/aromatic N) is 1. The zero-order valence-electron chi connectivity index (χ0n) is 7.99. The molecule has 0 aliphatic carbocycles. The van der Waals surface area contributed by atoms with Gasteiger partial charge in [-0.15, -0.1) is 0 Å². The van der Waals surface area contributed by atoms with Crippen LogP contribution in [-0.2, 0) is 6.61 Å². The number of hydrogen-bond donors (Lipinski definition) is 1. The van der Waals surface area contributed by atoms with Crippen molar-refractivity contribution in [3.63, 3.8) is 0 Å². The van der Waals surface area contributed by atoms with Crippen LogP contribution < -0.4 is 0 Å². The largest absolute Gasteiger partial charge is 0.392 e. The fraction of sp³-hybridized carbons (Fsp3) is 0.400. The van der Waals surface area contributed by atoms with Crippen LogP contribution in [0.2, 0.25) is 0 Å². The van der Waals surface area contributed by atoms with Crippen LogP contribution >= 0.6 is 0 Å². The van der Waals surface area contributed by atoms with E-state index < -0.39 is 0 Å². The minimum Gasteiger partial charge on any atom is -0.392 e. The van der Waals surface area contributed by atoms with Gasteiger partial charge in [-0.25, -0.2) is 0 Å². The summed E-state index contributed by atoms with van der Waals surface area (Å²) in [6.45, 7) is 0.140. The molecular weight excluding hydrogens is 150 g/mol. The molecule has 0 bridgehead atoms. The third-order valence-corrected chi connectivity index (χ3v) is 1.03. The van der Waals surface area contributed by atoms with Gasteiger partial charge >= 0.3 is 0 Å². The molecule has 0 unspecified atom stereocenters. The fourth-order valence-electron chi connectivity index (χ4n) is 0.583. The zero-order valence-corrected chi connectivity index (χ0v) is 7.99. The first-order valence-corrected chi connectivity index (χ1v) is 3.92. The summed E-state index contributed by atoms with van der Waals surface area (Å²) in [7, 11) is 6.00. The molecule has 0 radical (unpaired) electrons. The minimum atomic E-state index is 0.140. The van der Waals surface area contributed by atoms with E-state index >= 15 is 0 Å². The smallest absolute Gasteiger partial charge is 0.0681 e. The molecule has 0 saturated carbocycles. The number of benzene rings is 1. The highest BCUT2D eigenvalue weighted by atomic mass is 16.3. The maximum absolute atomic E-state index is 8.54. The van der Waals surface area contributed by atoms with Gasteiger partial charge < -0.3 is 10.0 Å². The van der Waals surface area contributed by atoms with Crippen LogP contribution in [0.15, 0.2) is 30.3 Å². The van der Waals surface area contributed by atoms with Crippen LogP contribution in [0.3, 0.4) is 0 Å². The highest BCUT2D eigenvalue weighted by Gasteiger charge is 1.81. The third kappa shape index (κ3) is 7.25. The van der Waals surface area contributed by atoms with Crippen LogP contribution in [0.4, 0.5) is 0 Å². The van der Waals surface area contributed by atoms with Gasteiger partial charge in [0.25, 0.3) is 0 Å². The molecule has 1 aromatic carbocycles. The molecule has 0 fully saturated rings. The summed E-state index contributed by atoms with van der Waals surface area (Å²) < 4.78 is 0. The van der Waals surface area contributed by atoms with Gasteiger partial charge in [0.1, 0.15) is 0 Å². The molecule has 1 rings (SSSR count). The monoisotopic (exact) mass is 167 g/mol. The van der Waals surface area contributed by atoms with Crippen LogP contribution in [-0.4, -0.2) is 31.1 Å². The summed E-state index contributed by atoms with van der Waals surface area (Å²) in [5, 5.41) is 8.54. The maximum Gasteiger partial charge on any atom is 0.0681 e. The van der Waals surface area contributed by atoms with Crippen LogP contribution in [0.1, 0.15) is 5.56 Å². The Morgan fingerprint density at radius 3 is 1.75 bits per heavy atom. The topological polar surface area (TPSA) is 23.5 Å². The Hall–Kier alpha value is -0.860. The predicted molar refractivity (Wildman–Crippen MR) is 52.0 cm³/mol. The molecule has 1 aromatic rings. The second kappa shape index (κ2) is 6.83. The second-order valence-corrected chi connectivity index (χ2v) is 2.99. The van der Waals surface area contributed by atoms with E-state index in [2.05, 4.69) is 0 Å². The Balaban J connectivity index is 0.000000261. The van der Waals surface area contributed by atoms with Gasteiger partial charge in [0.15, 0.2) is 0 Å². The molecule has 0 aromatic heterocycles.